The lowest BCUT2D eigenvalue weighted by Crippen LogP contribution is -2.23. The molecule has 1 aromatic carbocycles. The van der Waals surface area contributed by atoms with E-state index in [0.29, 0.717) is 5.92 Å². The van der Waals surface area contributed by atoms with Crippen molar-refractivity contribution in [1.29, 1.82) is 0 Å². The topological polar surface area (TPSA) is 58.3 Å². The molecule has 1 aliphatic rings. The van der Waals surface area contributed by atoms with Crippen LogP contribution in [-0.4, -0.2) is 17.8 Å². The van der Waals surface area contributed by atoms with Crippen LogP contribution in [0.15, 0.2) is 22.7 Å². The SMILES string of the molecule is Nc1cc(Br)ccc1NCC1CCC(O)CC1. The number of hydrogen-bond acceptors (Lipinski definition) is 3. The summed E-state index contributed by atoms with van der Waals surface area (Å²) in [6.45, 7) is 0.943. The second-order valence-electron chi connectivity index (χ2n) is 4.79. The van der Waals surface area contributed by atoms with E-state index in [1.165, 1.54) is 0 Å². The standard InChI is InChI=1S/C13H19BrN2O/c14-10-3-6-13(12(15)7-10)16-8-9-1-4-11(17)5-2-9/h3,6-7,9,11,16-17H,1-2,4-5,8,15H2. The van der Waals surface area contributed by atoms with Crippen LogP contribution in [0.4, 0.5) is 11.4 Å². The normalized spacial score (nSPS) is 24.6. The molecule has 0 atom stereocenters. The first-order valence-electron chi connectivity index (χ1n) is 6.12. The third-order valence-corrected chi connectivity index (χ3v) is 3.90. The number of nitrogen functional groups attached to an aromatic ring is 1. The number of nitrogens with one attached hydrogen (secondary N) is 1. The smallest absolute Gasteiger partial charge is 0.0574 e. The summed E-state index contributed by atoms with van der Waals surface area (Å²) >= 11 is 3.40. The van der Waals surface area contributed by atoms with Gasteiger partial charge in [-0.15, -0.1) is 0 Å². The predicted octanol–water partition coefficient (Wildman–Crippen LogP) is 2.99. The van der Waals surface area contributed by atoms with Crippen molar-refractivity contribution in [2.75, 3.05) is 17.6 Å². The number of benzene rings is 1. The third kappa shape index (κ3) is 3.61. The number of aliphatic hydroxyl groups is 1. The van der Waals surface area contributed by atoms with E-state index in [-0.39, 0.29) is 6.10 Å². The van der Waals surface area contributed by atoms with E-state index in [0.717, 1.165) is 48.1 Å². The Bertz CT molecular complexity index is 376. The Morgan fingerprint density at radius 3 is 2.65 bits per heavy atom. The minimum absolute atomic E-state index is 0.0796. The zero-order valence-corrected chi connectivity index (χ0v) is 11.4. The number of anilines is 2. The van der Waals surface area contributed by atoms with Gasteiger partial charge in [-0.25, -0.2) is 0 Å². The maximum Gasteiger partial charge on any atom is 0.0574 e. The highest BCUT2D eigenvalue weighted by molar-refractivity contribution is 9.10. The molecule has 0 radical (unpaired) electrons. The van der Waals surface area contributed by atoms with E-state index in [9.17, 15) is 5.11 Å². The quantitative estimate of drug-likeness (QED) is 0.752. The average Bonchev–Trinajstić information content (AvgIpc) is 2.30. The second-order valence-corrected chi connectivity index (χ2v) is 5.70. The van der Waals surface area contributed by atoms with Gasteiger partial charge in [-0.05, 0) is 49.8 Å². The molecule has 0 bridgehead atoms. The molecule has 0 heterocycles. The van der Waals surface area contributed by atoms with Gasteiger partial charge in [-0.3, -0.25) is 0 Å². The van der Waals surface area contributed by atoms with Crippen LogP contribution in [0.5, 0.6) is 0 Å². The summed E-state index contributed by atoms with van der Waals surface area (Å²) in [4.78, 5) is 0. The Balaban J connectivity index is 1.85. The van der Waals surface area contributed by atoms with Gasteiger partial charge >= 0.3 is 0 Å². The van der Waals surface area contributed by atoms with E-state index in [1.54, 1.807) is 0 Å². The van der Waals surface area contributed by atoms with Crippen molar-refractivity contribution in [3.8, 4) is 0 Å². The summed E-state index contributed by atoms with van der Waals surface area (Å²) in [5, 5.41) is 12.8. The molecule has 3 nitrogen and oxygen atoms in total. The molecular formula is C13H19BrN2O. The number of aliphatic hydroxyl groups excluding tert-OH is 1. The highest BCUT2D eigenvalue weighted by Gasteiger charge is 2.19. The van der Waals surface area contributed by atoms with Crippen LogP contribution >= 0.6 is 15.9 Å². The van der Waals surface area contributed by atoms with Crippen molar-refractivity contribution in [3.63, 3.8) is 0 Å². The maximum atomic E-state index is 9.44. The van der Waals surface area contributed by atoms with E-state index >= 15 is 0 Å². The first kappa shape index (κ1) is 12.7. The Morgan fingerprint density at radius 1 is 1.29 bits per heavy atom. The summed E-state index contributed by atoms with van der Waals surface area (Å²) in [5.41, 5.74) is 7.70. The minimum Gasteiger partial charge on any atom is -0.397 e. The summed E-state index contributed by atoms with van der Waals surface area (Å²) in [6, 6.07) is 5.90. The van der Waals surface area contributed by atoms with E-state index in [1.807, 2.05) is 18.2 Å². The molecule has 2 rings (SSSR count). The average molecular weight is 299 g/mol. The minimum atomic E-state index is -0.0796. The van der Waals surface area contributed by atoms with Gasteiger partial charge in [-0.2, -0.15) is 0 Å². The Hall–Kier alpha value is -0.740. The van der Waals surface area contributed by atoms with Crippen LogP contribution in [-0.2, 0) is 0 Å². The maximum absolute atomic E-state index is 9.44. The lowest BCUT2D eigenvalue weighted by molar-refractivity contribution is 0.111. The molecule has 0 unspecified atom stereocenters. The van der Waals surface area contributed by atoms with E-state index in [2.05, 4.69) is 21.2 Å². The fourth-order valence-electron chi connectivity index (χ4n) is 2.30. The molecule has 1 aromatic rings. The van der Waals surface area contributed by atoms with Crippen molar-refractivity contribution in [1.82, 2.24) is 0 Å². The summed E-state index contributed by atoms with van der Waals surface area (Å²) in [5.74, 6) is 0.654. The molecule has 0 aliphatic heterocycles. The molecule has 1 aliphatic carbocycles. The van der Waals surface area contributed by atoms with Crippen molar-refractivity contribution >= 4 is 27.3 Å². The van der Waals surface area contributed by atoms with Crippen molar-refractivity contribution in [3.05, 3.63) is 22.7 Å². The lowest BCUT2D eigenvalue weighted by atomic mass is 9.87. The van der Waals surface area contributed by atoms with Gasteiger partial charge in [0.2, 0.25) is 0 Å². The largest absolute Gasteiger partial charge is 0.397 e. The summed E-state index contributed by atoms with van der Waals surface area (Å²) < 4.78 is 1.00. The monoisotopic (exact) mass is 298 g/mol. The molecule has 4 N–H and O–H groups in total. The zero-order valence-electron chi connectivity index (χ0n) is 9.82. The van der Waals surface area contributed by atoms with Crippen LogP contribution in [0.2, 0.25) is 0 Å². The molecule has 1 fully saturated rings. The summed E-state index contributed by atoms with van der Waals surface area (Å²) in [7, 11) is 0. The Labute approximate surface area is 111 Å². The summed E-state index contributed by atoms with van der Waals surface area (Å²) in [6.07, 6.45) is 3.99. The Kier molecular flexibility index (Phi) is 4.29. The van der Waals surface area contributed by atoms with E-state index < -0.39 is 0 Å². The van der Waals surface area contributed by atoms with Gasteiger partial charge in [-0.1, -0.05) is 15.9 Å². The zero-order chi connectivity index (χ0) is 12.3. The fraction of sp³-hybridized carbons (Fsp3) is 0.538. The highest BCUT2D eigenvalue weighted by Crippen LogP contribution is 2.27. The molecule has 94 valence electrons. The molecule has 0 amide bonds. The second kappa shape index (κ2) is 5.74. The van der Waals surface area contributed by atoms with Gasteiger partial charge in [0.25, 0.3) is 0 Å². The first-order chi connectivity index (χ1) is 8.15. The first-order valence-corrected chi connectivity index (χ1v) is 6.91. The van der Waals surface area contributed by atoms with Crippen molar-refractivity contribution in [2.45, 2.75) is 31.8 Å². The Morgan fingerprint density at radius 2 is 2.00 bits per heavy atom. The van der Waals surface area contributed by atoms with Crippen LogP contribution in [0.3, 0.4) is 0 Å². The van der Waals surface area contributed by atoms with Crippen molar-refractivity contribution < 1.29 is 5.11 Å². The van der Waals surface area contributed by atoms with Crippen LogP contribution in [0.1, 0.15) is 25.7 Å². The van der Waals surface area contributed by atoms with Gasteiger partial charge < -0.3 is 16.2 Å². The molecule has 4 heteroatoms. The number of rotatable bonds is 3. The number of hydrogen-bond donors (Lipinski definition) is 3. The molecule has 0 spiro atoms. The molecular weight excluding hydrogens is 280 g/mol. The molecule has 1 saturated carbocycles. The molecule has 0 saturated heterocycles. The van der Waals surface area contributed by atoms with Gasteiger partial charge in [0.1, 0.15) is 0 Å². The van der Waals surface area contributed by atoms with Gasteiger partial charge in [0.05, 0.1) is 17.5 Å². The van der Waals surface area contributed by atoms with Crippen molar-refractivity contribution in [2.24, 2.45) is 5.92 Å². The third-order valence-electron chi connectivity index (χ3n) is 3.41. The van der Waals surface area contributed by atoms with Crippen LogP contribution < -0.4 is 11.1 Å². The number of nitrogens with two attached hydrogens (primary N) is 1. The predicted molar refractivity (Wildman–Crippen MR) is 75.0 cm³/mol. The molecule has 0 aromatic heterocycles. The lowest BCUT2D eigenvalue weighted by Gasteiger charge is -2.26. The van der Waals surface area contributed by atoms with Gasteiger partial charge in [0.15, 0.2) is 0 Å². The van der Waals surface area contributed by atoms with E-state index in [4.69, 9.17) is 5.73 Å². The number of halogens is 1. The highest BCUT2D eigenvalue weighted by atomic mass is 79.9. The fourth-order valence-corrected chi connectivity index (χ4v) is 2.68. The van der Waals surface area contributed by atoms with Crippen LogP contribution in [0.25, 0.3) is 0 Å². The van der Waals surface area contributed by atoms with Gasteiger partial charge in [0, 0.05) is 11.0 Å². The molecule has 17 heavy (non-hydrogen) atoms. The van der Waals surface area contributed by atoms with Crippen LogP contribution in [0, 0.1) is 5.92 Å².